The second-order valence-electron chi connectivity index (χ2n) is 4.89. The molecule has 2 rings (SSSR count). The Labute approximate surface area is 112 Å². The average Bonchev–Trinajstić information content (AvgIpc) is 2.68. The zero-order valence-corrected chi connectivity index (χ0v) is 11.4. The first kappa shape index (κ1) is 12.8. The molecule has 0 saturated heterocycles. The molecule has 0 heterocycles. The van der Waals surface area contributed by atoms with E-state index in [4.69, 9.17) is 11.6 Å². The van der Waals surface area contributed by atoms with Crippen LogP contribution in [0.4, 0.5) is 0 Å². The Morgan fingerprint density at radius 2 is 2.06 bits per heavy atom. The number of nitrogens with one attached hydrogen (secondary N) is 1. The summed E-state index contributed by atoms with van der Waals surface area (Å²) in [4.78, 5) is 12.9. The van der Waals surface area contributed by atoms with Crippen molar-refractivity contribution >= 4 is 30.1 Å². The molecule has 0 atom stereocenters. The lowest BCUT2D eigenvalue weighted by atomic mass is 10.00. The van der Waals surface area contributed by atoms with Crippen molar-refractivity contribution in [1.29, 1.82) is 0 Å². The third-order valence-corrected chi connectivity index (χ3v) is 3.92. The lowest BCUT2D eigenvalue weighted by molar-refractivity contribution is 0.0908. The van der Waals surface area contributed by atoms with Gasteiger partial charge in [-0.3, -0.25) is 4.79 Å². The summed E-state index contributed by atoms with van der Waals surface area (Å²) in [5.74, 6) is -0.102. The van der Waals surface area contributed by atoms with Crippen molar-refractivity contribution in [1.82, 2.24) is 5.32 Å². The monoisotopic (exact) mass is 269 g/mol. The predicted molar refractivity (Wildman–Crippen MR) is 73.0 cm³/mol. The number of hydrogen-bond donors (Lipinski definition) is 2. The van der Waals surface area contributed by atoms with E-state index in [1.54, 1.807) is 18.2 Å². The topological polar surface area (TPSA) is 29.1 Å². The number of carbonyl (C=O) groups is 1. The van der Waals surface area contributed by atoms with Crippen molar-refractivity contribution in [2.24, 2.45) is 0 Å². The Hall–Kier alpha value is -0.670. The van der Waals surface area contributed by atoms with Gasteiger partial charge in [0.2, 0.25) is 0 Å². The molecule has 1 saturated carbocycles. The van der Waals surface area contributed by atoms with Crippen molar-refractivity contribution in [2.45, 2.75) is 43.0 Å². The van der Waals surface area contributed by atoms with Gasteiger partial charge in [-0.15, -0.1) is 12.6 Å². The molecule has 0 bridgehead atoms. The zero-order valence-electron chi connectivity index (χ0n) is 9.79. The molecule has 1 aliphatic carbocycles. The Morgan fingerprint density at radius 1 is 1.41 bits per heavy atom. The minimum Gasteiger partial charge on any atom is -0.347 e. The van der Waals surface area contributed by atoms with E-state index >= 15 is 0 Å². The fourth-order valence-electron chi connectivity index (χ4n) is 2.31. The van der Waals surface area contributed by atoms with E-state index < -0.39 is 0 Å². The summed E-state index contributed by atoms with van der Waals surface area (Å²) in [6.45, 7) is 2.09. The molecule has 17 heavy (non-hydrogen) atoms. The molecule has 0 unspecified atom stereocenters. The quantitative estimate of drug-likeness (QED) is 0.788. The molecule has 92 valence electrons. The van der Waals surface area contributed by atoms with E-state index in [1.165, 1.54) is 12.8 Å². The van der Waals surface area contributed by atoms with Crippen molar-refractivity contribution < 1.29 is 4.79 Å². The van der Waals surface area contributed by atoms with Gasteiger partial charge >= 0.3 is 0 Å². The number of halogens is 1. The highest BCUT2D eigenvalue weighted by Gasteiger charge is 2.30. The van der Waals surface area contributed by atoms with Crippen molar-refractivity contribution in [3.63, 3.8) is 0 Å². The molecule has 1 aliphatic rings. The van der Waals surface area contributed by atoms with Crippen LogP contribution in [0.3, 0.4) is 0 Å². The van der Waals surface area contributed by atoms with E-state index in [9.17, 15) is 4.79 Å². The Balaban J connectivity index is 2.17. The van der Waals surface area contributed by atoms with Crippen molar-refractivity contribution in [3.05, 3.63) is 28.8 Å². The summed E-state index contributed by atoms with van der Waals surface area (Å²) in [7, 11) is 0. The lowest BCUT2D eigenvalue weighted by Gasteiger charge is -2.25. The highest BCUT2D eigenvalue weighted by molar-refractivity contribution is 7.80. The predicted octanol–water partition coefficient (Wildman–Crippen LogP) is 3.69. The van der Waals surface area contributed by atoms with Crippen molar-refractivity contribution in [3.8, 4) is 0 Å². The molecular formula is C13H16ClNOS. The van der Waals surface area contributed by atoms with Crippen LogP contribution >= 0.6 is 24.2 Å². The van der Waals surface area contributed by atoms with Crippen LogP contribution in [0.5, 0.6) is 0 Å². The zero-order chi connectivity index (χ0) is 12.5. The van der Waals surface area contributed by atoms with E-state index in [1.807, 2.05) is 0 Å². The van der Waals surface area contributed by atoms with E-state index in [2.05, 4.69) is 24.9 Å². The first-order valence-corrected chi connectivity index (χ1v) is 6.64. The van der Waals surface area contributed by atoms with Gasteiger partial charge in [0.05, 0.1) is 10.6 Å². The standard InChI is InChI=1S/C13H16ClNOS/c1-13(6-2-3-7-13)15-12(16)10-8-9(17)4-5-11(10)14/h4-5,8,17H,2-3,6-7H2,1H3,(H,15,16). The van der Waals surface area contributed by atoms with Gasteiger partial charge in [0.25, 0.3) is 5.91 Å². The van der Waals surface area contributed by atoms with Crippen LogP contribution in [0.25, 0.3) is 0 Å². The summed E-state index contributed by atoms with van der Waals surface area (Å²) >= 11 is 10.3. The van der Waals surface area contributed by atoms with Gasteiger partial charge in [-0.1, -0.05) is 24.4 Å². The summed E-state index contributed by atoms with van der Waals surface area (Å²) in [6, 6.07) is 5.19. The average molecular weight is 270 g/mol. The molecule has 0 aliphatic heterocycles. The van der Waals surface area contributed by atoms with Gasteiger partial charge in [0, 0.05) is 10.4 Å². The SMILES string of the molecule is CC1(NC(=O)c2cc(S)ccc2Cl)CCCC1. The van der Waals surface area contributed by atoms with Crippen LogP contribution in [-0.2, 0) is 0 Å². The van der Waals surface area contributed by atoms with Crippen LogP contribution in [0, 0.1) is 0 Å². The van der Waals surface area contributed by atoms with Crippen LogP contribution in [0.1, 0.15) is 43.0 Å². The number of rotatable bonds is 2. The summed E-state index contributed by atoms with van der Waals surface area (Å²) in [6.07, 6.45) is 4.43. The first-order chi connectivity index (χ1) is 8.00. The van der Waals surface area contributed by atoms with Crippen LogP contribution in [0.15, 0.2) is 23.1 Å². The number of benzene rings is 1. The molecule has 0 radical (unpaired) electrons. The molecule has 0 spiro atoms. The maximum Gasteiger partial charge on any atom is 0.253 e. The largest absolute Gasteiger partial charge is 0.347 e. The molecular weight excluding hydrogens is 254 g/mol. The Morgan fingerprint density at radius 3 is 2.71 bits per heavy atom. The molecule has 1 amide bonds. The smallest absolute Gasteiger partial charge is 0.253 e. The van der Waals surface area contributed by atoms with Gasteiger partial charge in [0.15, 0.2) is 0 Å². The van der Waals surface area contributed by atoms with E-state index in [-0.39, 0.29) is 11.4 Å². The first-order valence-electron chi connectivity index (χ1n) is 5.81. The lowest BCUT2D eigenvalue weighted by Crippen LogP contribution is -2.43. The van der Waals surface area contributed by atoms with Gasteiger partial charge < -0.3 is 5.32 Å². The third-order valence-electron chi connectivity index (χ3n) is 3.32. The second-order valence-corrected chi connectivity index (χ2v) is 5.81. The van der Waals surface area contributed by atoms with Crippen molar-refractivity contribution in [2.75, 3.05) is 0 Å². The number of carbonyl (C=O) groups excluding carboxylic acids is 1. The summed E-state index contributed by atoms with van der Waals surface area (Å²) in [5.41, 5.74) is 0.430. The van der Waals surface area contributed by atoms with E-state index in [0.717, 1.165) is 17.7 Å². The molecule has 1 aromatic carbocycles. The fraction of sp³-hybridized carbons (Fsp3) is 0.462. The van der Waals surface area contributed by atoms with Gasteiger partial charge in [-0.2, -0.15) is 0 Å². The summed E-state index contributed by atoms with van der Waals surface area (Å²) < 4.78 is 0. The number of hydrogen-bond acceptors (Lipinski definition) is 2. The minimum absolute atomic E-state index is 0.0764. The van der Waals surface area contributed by atoms with Gasteiger partial charge in [-0.25, -0.2) is 0 Å². The second kappa shape index (κ2) is 4.91. The van der Waals surface area contributed by atoms with E-state index in [0.29, 0.717) is 10.6 Å². The molecule has 1 N–H and O–H groups in total. The third kappa shape index (κ3) is 2.96. The van der Waals surface area contributed by atoms with Gasteiger partial charge in [-0.05, 0) is 38.0 Å². The molecule has 1 aromatic rings. The molecule has 1 fully saturated rings. The van der Waals surface area contributed by atoms with Gasteiger partial charge in [0.1, 0.15) is 0 Å². The van der Waals surface area contributed by atoms with Crippen LogP contribution < -0.4 is 5.32 Å². The molecule has 2 nitrogen and oxygen atoms in total. The minimum atomic E-state index is -0.102. The number of amides is 1. The highest BCUT2D eigenvalue weighted by atomic mass is 35.5. The number of thiol groups is 1. The maximum atomic E-state index is 12.1. The Bertz CT molecular complexity index is 441. The fourth-order valence-corrected chi connectivity index (χ4v) is 2.72. The maximum absolute atomic E-state index is 12.1. The molecule has 0 aromatic heterocycles. The summed E-state index contributed by atoms with van der Waals surface area (Å²) in [5, 5.41) is 3.56. The normalized spacial score (nSPS) is 18.1. The Kier molecular flexibility index (Phi) is 3.69. The highest BCUT2D eigenvalue weighted by Crippen LogP contribution is 2.30. The van der Waals surface area contributed by atoms with Crippen LogP contribution in [-0.4, -0.2) is 11.4 Å². The molecule has 4 heteroatoms. The van der Waals surface area contributed by atoms with Crippen LogP contribution in [0.2, 0.25) is 5.02 Å².